The Morgan fingerprint density at radius 2 is 1.97 bits per heavy atom. The van der Waals surface area contributed by atoms with Gasteiger partial charge < -0.3 is 16.0 Å². The fourth-order valence-electron chi connectivity index (χ4n) is 3.12. The number of aliphatic imine (C=N–C) groups is 1. The lowest BCUT2D eigenvalue weighted by molar-refractivity contribution is -0.116. The van der Waals surface area contributed by atoms with Crippen LogP contribution >= 0.6 is 35.6 Å². The summed E-state index contributed by atoms with van der Waals surface area (Å²) in [5.74, 6) is 1.18. The lowest BCUT2D eigenvalue weighted by Gasteiger charge is -2.19. The summed E-state index contributed by atoms with van der Waals surface area (Å²) in [7, 11) is 1.73. The summed E-state index contributed by atoms with van der Waals surface area (Å²) in [5, 5.41) is 10.1. The molecule has 0 aliphatic heterocycles. The molecule has 1 aliphatic carbocycles. The molecule has 0 unspecified atom stereocenters. The van der Waals surface area contributed by atoms with Gasteiger partial charge in [-0.25, -0.2) is 4.98 Å². The minimum atomic E-state index is -0.0846. The van der Waals surface area contributed by atoms with Crippen molar-refractivity contribution in [2.75, 3.05) is 25.5 Å². The Hall–Kier alpha value is -1.87. The molecule has 1 heterocycles. The Morgan fingerprint density at radius 3 is 2.62 bits per heavy atom. The number of guanidine groups is 1. The largest absolute Gasteiger partial charge is 0.356 e. The predicted octanol–water partition coefficient (Wildman–Crippen LogP) is 3.89. The molecule has 0 radical (unpaired) electrons. The Labute approximate surface area is 194 Å². The van der Waals surface area contributed by atoms with Crippen LogP contribution < -0.4 is 16.0 Å². The van der Waals surface area contributed by atoms with Gasteiger partial charge in [-0.3, -0.25) is 9.79 Å². The van der Waals surface area contributed by atoms with Crippen LogP contribution in [-0.4, -0.2) is 37.0 Å². The SMILES string of the molecule is CN=C(NCCC(=O)Nc1cccc(C)n1)NCC1(c2cccc(Cl)c2)CC1.I. The van der Waals surface area contributed by atoms with Crippen molar-refractivity contribution in [1.29, 1.82) is 0 Å². The van der Waals surface area contributed by atoms with Crippen molar-refractivity contribution in [1.82, 2.24) is 15.6 Å². The molecule has 0 saturated heterocycles. The van der Waals surface area contributed by atoms with Crippen molar-refractivity contribution in [2.45, 2.75) is 31.6 Å². The van der Waals surface area contributed by atoms with Gasteiger partial charge in [0.2, 0.25) is 5.91 Å². The van der Waals surface area contributed by atoms with Gasteiger partial charge in [-0.15, -0.1) is 24.0 Å². The van der Waals surface area contributed by atoms with E-state index in [-0.39, 0.29) is 35.3 Å². The van der Waals surface area contributed by atoms with Crippen molar-refractivity contribution >= 4 is 53.3 Å². The number of hydrogen-bond acceptors (Lipinski definition) is 3. The first-order valence-corrected chi connectivity index (χ1v) is 9.83. The second kappa shape index (κ2) is 10.8. The van der Waals surface area contributed by atoms with E-state index in [0.29, 0.717) is 24.7 Å². The first-order chi connectivity index (χ1) is 13.5. The molecule has 3 rings (SSSR count). The number of aryl methyl sites for hydroxylation is 1. The van der Waals surface area contributed by atoms with Crippen LogP contribution in [0.1, 0.15) is 30.5 Å². The van der Waals surface area contributed by atoms with E-state index in [2.05, 4.69) is 32.0 Å². The topological polar surface area (TPSA) is 78.4 Å². The fraction of sp³-hybridized carbons (Fsp3) is 0.381. The summed E-state index contributed by atoms with van der Waals surface area (Å²) in [6.45, 7) is 3.16. The number of aromatic nitrogens is 1. The summed E-state index contributed by atoms with van der Waals surface area (Å²) in [4.78, 5) is 20.6. The van der Waals surface area contributed by atoms with Gasteiger partial charge in [-0.1, -0.05) is 29.8 Å². The maximum Gasteiger partial charge on any atom is 0.227 e. The van der Waals surface area contributed by atoms with E-state index in [1.54, 1.807) is 13.1 Å². The standard InChI is InChI=1S/C21H26ClN5O.HI/c1-15-5-3-8-18(26-15)27-19(28)9-12-24-20(23-2)25-14-21(10-11-21)16-6-4-7-17(22)13-16;/h3-8,13H,9-12,14H2,1-2H3,(H2,23,24,25)(H,26,27,28);1H. The van der Waals surface area contributed by atoms with Crippen molar-refractivity contribution in [3.8, 4) is 0 Å². The van der Waals surface area contributed by atoms with E-state index in [0.717, 1.165) is 30.1 Å². The van der Waals surface area contributed by atoms with Gasteiger partial charge >= 0.3 is 0 Å². The first-order valence-electron chi connectivity index (χ1n) is 9.45. The van der Waals surface area contributed by atoms with Gasteiger partial charge in [0, 0.05) is 42.7 Å². The monoisotopic (exact) mass is 527 g/mol. The summed E-state index contributed by atoms with van der Waals surface area (Å²) >= 11 is 6.13. The molecule has 3 N–H and O–H groups in total. The second-order valence-corrected chi connectivity index (χ2v) is 7.54. The van der Waals surface area contributed by atoms with E-state index in [4.69, 9.17) is 11.6 Å². The quantitative estimate of drug-likeness (QED) is 0.290. The number of nitrogens with zero attached hydrogens (tertiary/aromatic N) is 2. The zero-order valence-corrected chi connectivity index (χ0v) is 19.8. The number of carbonyl (C=O) groups is 1. The van der Waals surface area contributed by atoms with E-state index < -0.39 is 0 Å². The smallest absolute Gasteiger partial charge is 0.227 e. The molecular formula is C21H27ClIN5O. The molecule has 1 aromatic carbocycles. The predicted molar refractivity (Wildman–Crippen MR) is 129 cm³/mol. The molecule has 8 heteroatoms. The van der Waals surface area contributed by atoms with Crippen molar-refractivity contribution in [2.24, 2.45) is 4.99 Å². The zero-order chi connectivity index (χ0) is 20.0. The molecule has 0 bridgehead atoms. The number of pyridine rings is 1. The van der Waals surface area contributed by atoms with Gasteiger partial charge in [0.25, 0.3) is 0 Å². The van der Waals surface area contributed by atoms with Gasteiger partial charge in [-0.2, -0.15) is 0 Å². The zero-order valence-electron chi connectivity index (χ0n) is 16.7. The third kappa shape index (κ3) is 6.85. The van der Waals surface area contributed by atoms with Crippen LogP contribution in [0.3, 0.4) is 0 Å². The highest BCUT2D eigenvalue weighted by Gasteiger charge is 2.44. The molecule has 156 valence electrons. The van der Waals surface area contributed by atoms with Crippen molar-refractivity contribution < 1.29 is 4.79 Å². The summed E-state index contributed by atoms with van der Waals surface area (Å²) < 4.78 is 0. The van der Waals surface area contributed by atoms with Crippen LogP contribution in [0.4, 0.5) is 5.82 Å². The molecular weight excluding hydrogens is 501 g/mol. The van der Waals surface area contributed by atoms with Gasteiger partial charge in [0.15, 0.2) is 5.96 Å². The Bertz CT molecular complexity index is 870. The summed E-state index contributed by atoms with van der Waals surface area (Å²) in [6, 6.07) is 13.6. The van der Waals surface area contributed by atoms with Crippen LogP contribution in [0.15, 0.2) is 47.5 Å². The van der Waals surface area contributed by atoms with E-state index in [9.17, 15) is 4.79 Å². The molecule has 1 saturated carbocycles. The van der Waals surface area contributed by atoms with E-state index >= 15 is 0 Å². The van der Waals surface area contributed by atoms with Crippen LogP contribution in [0.5, 0.6) is 0 Å². The van der Waals surface area contributed by atoms with Crippen LogP contribution in [0.25, 0.3) is 0 Å². The lowest BCUT2D eigenvalue weighted by atomic mass is 9.96. The average Bonchev–Trinajstić information content (AvgIpc) is 3.46. The number of nitrogens with one attached hydrogen (secondary N) is 3. The normalized spacial score (nSPS) is 14.5. The highest BCUT2D eigenvalue weighted by Crippen LogP contribution is 2.48. The van der Waals surface area contributed by atoms with Gasteiger partial charge in [-0.05, 0) is 49.6 Å². The van der Waals surface area contributed by atoms with Crippen LogP contribution in [0, 0.1) is 6.92 Å². The van der Waals surface area contributed by atoms with Gasteiger partial charge in [0.1, 0.15) is 5.82 Å². The minimum Gasteiger partial charge on any atom is -0.356 e. The molecule has 29 heavy (non-hydrogen) atoms. The number of halogens is 2. The molecule has 1 aromatic heterocycles. The Kier molecular flexibility index (Phi) is 8.70. The number of anilines is 1. The Morgan fingerprint density at radius 1 is 1.21 bits per heavy atom. The van der Waals surface area contributed by atoms with Crippen LogP contribution in [0.2, 0.25) is 5.02 Å². The third-order valence-corrected chi connectivity index (χ3v) is 5.14. The average molecular weight is 528 g/mol. The summed E-state index contributed by atoms with van der Waals surface area (Å²) in [6.07, 6.45) is 2.59. The molecule has 6 nitrogen and oxygen atoms in total. The Balaban J connectivity index is 0.00000300. The lowest BCUT2D eigenvalue weighted by Crippen LogP contribution is -2.42. The first kappa shape index (κ1) is 23.4. The molecule has 1 fully saturated rings. The number of benzene rings is 1. The van der Waals surface area contributed by atoms with Crippen molar-refractivity contribution in [3.63, 3.8) is 0 Å². The third-order valence-electron chi connectivity index (χ3n) is 4.91. The summed E-state index contributed by atoms with van der Waals surface area (Å²) in [5.41, 5.74) is 2.25. The molecule has 0 spiro atoms. The number of amides is 1. The molecule has 0 atom stereocenters. The number of hydrogen-bond donors (Lipinski definition) is 3. The maximum atomic E-state index is 12.1. The van der Waals surface area contributed by atoms with Crippen LogP contribution in [-0.2, 0) is 10.2 Å². The maximum absolute atomic E-state index is 12.1. The molecule has 1 amide bonds. The van der Waals surface area contributed by atoms with E-state index in [1.165, 1.54) is 5.56 Å². The fourth-order valence-corrected chi connectivity index (χ4v) is 3.31. The highest BCUT2D eigenvalue weighted by atomic mass is 127. The van der Waals surface area contributed by atoms with Gasteiger partial charge in [0.05, 0.1) is 0 Å². The molecule has 1 aliphatic rings. The number of rotatable bonds is 7. The minimum absolute atomic E-state index is 0. The second-order valence-electron chi connectivity index (χ2n) is 7.11. The highest BCUT2D eigenvalue weighted by molar-refractivity contribution is 14.0. The number of carbonyl (C=O) groups excluding carboxylic acids is 1. The van der Waals surface area contributed by atoms with E-state index in [1.807, 2.05) is 37.3 Å². The van der Waals surface area contributed by atoms with Crippen molar-refractivity contribution in [3.05, 3.63) is 58.7 Å². The molecule has 2 aromatic rings.